The normalized spacial score (nSPS) is 13.1. The van der Waals surface area contributed by atoms with Crippen LogP contribution in [0.5, 0.6) is 11.5 Å². The maximum absolute atomic E-state index is 12.4. The fraction of sp³-hybridized carbons (Fsp3) is 0.360. The van der Waals surface area contributed by atoms with Gasteiger partial charge in [-0.1, -0.05) is 17.3 Å². The van der Waals surface area contributed by atoms with E-state index >= 15 is 0 Å². The van der Waals surface area contributed by atoms with Crippen LogP contribution < -0.4 is 9.47 Å². The largest absolute Gasteiger partial charge is 0.491 e. The molecule has 1 amide bonds. The highest BCUT2D eigenvalue weighted by atomic mass is 16.6. The SMILES string of the molecule is CC(C)OC(=O)N1CCOc2c(cccc2-c2noc(-c3ccc(OC(C)C)c(C#N)c3)n2)C1. The van der Waals surface area contributed by atoms with Gasteiger partial charge >= 0.3 is 6.09 Å². The zero-order valence-corrected chi connectivity index (χ0v) is 19.6. The van der Waals surface area contributed by atoms with Gasteiger partial charge in [0.05, 0.1) is 36.4 Å². The minimum atomic E-state index is -0.378. The molecular weight excluding hydrogens is 436 g/mol. The van der Waals surface area contributed by atoms with E-state index in [4.69, 9.17) is 18.7 Å². The molecule has 0 radical (unpaired) electrons. The van der Waals surface area contributed by atoms with Gasteiger partial charge in [0.2, 0.25) is 5.82 Å². The van der Waals surface area contributed by atoms with Gasteiger partial charge in [-0.2, -0.15) is 10.2 Å². The van der Waals surface area contributed by atoms with Crippen molar-refractivity contribution in [1.82, 2.24) is 15.0 Å². The Kier molecular flexibility index (Phi) is 6.68. The summed E-state index contributed by atoms with van der Waals surface area (Å²) in [6, 6.07) is 12.9. The number of benzene rings is 2. The van der Waals surface area contributed by atoms with Crippen LogP contribution in [0, 0.1) is 11.3 Å². The predicted molar refractivity (Wildman–Crippen MR) is 123 cm³/mol. The third-order valence-corrected chi connectivity index (χ3v) is 5.04. The molecule has 9 heteroatoms. The Balaban J connectivity index is 1.62. The van der Waals surface area contributed by atoms with Gasteiger partial charge in [0.25, 0.3) is 5.89 Å². The number of ether oxygens (including phenoxy) is 3. The summed E-state index contributed by atoms with van der Waals surface area (Å²) < 4.78 is 22.5. The molecule has 0 saturated heterocycles. The lowest BCUT2D eigenvalue weighted by atomic mass is 10.1. The van der Waals surface area contributed by atoms with E-state index < -0.39 is 0 Å². The molecule has 0 saturated carbocycles. The molecule has 1 aliphatic heterocycles. The van der Waals surface area contributed by atoms with Crippen molar-refractivity contribution >= 4 is 6.09 Å². The van der Waals surface area contributed by atoms with Crippen LogP contribution in [0.4, 0.5) is 4.79 Å². The smallest absolute Gasteiger partial charge is 0.410 e. The Bertz CT molecular complexity index is 1230. The van der Waals surface area contributed by atoms with E-state index in [1.807, 2.05) is 45.9 Å². The van der Waals surface area contributed by atoms with Gasteiger partial charge in [-0.05, 0) is 52.0 Å². The number of rotatable bonds is 5. The molecule has 0 bridgehead atoms. The van der Waals surface area contributed by atoms with E-state index in [1.54, 1.807) is 23.1 Å². The number of para-hydroxylation sites is 1. The molecule has 1 aliphatic rings. The first kappa shape index (κ1) is 23.1. The van der Waals surface area contributed by atoms with E-state index in [1.165, 1.54) is 0 Å². The first-order chi connectivity index (χ1) is 16.4. The van der Waals surface area contributed by atoms with Crippen molar-refractivity contribution in [2.24, 2.45) is 0 Å². The number of hydrogen-bond donors (Lipinski definition) is 0. The van der Waals surface area contributed by atoms with E-state index in [-0.39, 0.29) is 24.2 Å². The minimum Gasteiger partial charge on any atom is -0.491 e. The van der Waals surface area contributed by atoms with Gasteiger partial charge in [0.1, 0.15) is 24.2 Å². The molecule has 34 heavy (non-hydrogen) atoms. The first-order valence-corrected chi connectivity index (χ1v) is 11.1. The molecule has 0 N–H and O–H groups in total. The second kappa shape index (κ2) is 9.83. The third kappa shape index (κ3) is 4.96. The van der Waals surface area contributed by atoms with Gasteiger partial charge in [0.15, 0.2) is 0 Å². The van der Waals surface area contributed by atoms with Crippen molar-refractivity contribution in [2.75, 3.05) is 13.2 Å². The van der Waals surface area contributed by atoms with E-state index in [0.29, 0.717) is 53.7 Å². The third-order valence-electron chi connectivity index (χ3n) is 5.04. The summed E-state index contributed by atoms with van der Waals surface area (Å²) in [5, 5.41) is 13.6. The van der Waals surface area contributed by atoms with Crippen molar-refractivity contribution in [1.29, 1.82) is 5.26 Å². The van der Waals surface area contributed by atoms with Crippen molar-refractivity contribution in [3.63, 3.8) is 0 Å². The van der Waals surface area contributed by atoms with Gasteiger partial charge < -0.3 is 23.6 Å². The van der Waals surface area contributed by atoms with E-state index in [0.717, 1.165) is 5.56 Å². The zero-order valence-electron chi connectivity index (χ0n) is 19.6. The summed E-state index contributed by atoms with van der Waals surface area (Å²) in [7, 11) is 0. The highest BCUT2D eigenvalue weighted by molar-refractivity contribution is 5.71. The summed E-state index contributed by atoms with van der Waals surface area (Å²) in [6.07, 6.45) is -0.630. The van der Waals surface area contributed by atoms with Crippen LogP contribution in [0.2, 0.25) is 0 Å². The molecular formula is C25H26N4O5. The van der Waals surface area contributed by atoms with Crippen LogP contribution in [-0.4, -0.2) is 46.5 Å². The number of fused-ring (bicyclic) bond motifs is 1. The van der Waals surface area contributed by atoms with Gasteiger partial charge in [0, 0.05) is 11.1 Å². The maximum atomic E-state index is 12.4. The van der Waals surface area contributed by atoms with Crippen molar-refractivity contribution in [2.45, 2.75) is 46.4 Å². The first-order valence-electron chi connectivity index (χ1n) is 11.1. The number of aromatic nitrogens is 2. The highest BCUT2D eigenvalue weighted by Crippen LogP contribution is 2.35. The summed E-state index contributed by atoms with van der Waals surface area (Å²) >= 11 is 0. The molecule has 1 aromatic heterocycles. The molecule has 9 nitrogen and oxygen atoms in total. The molecule has 0 atom stereocenters. The fourth-order valence-electron chi connectivity index (χ4n) is 3.59. The molecule has 176 valence electrons. The van der Waals surface area contributed by atoms with Crippen LogP contribution in [0.1, 0.15) is 38.8 Å². The molecule has 0 aliphatic carbocycles. The molecule has 2 heterocycles. The Hall–Kier alpha value is -4.06. The number of carbonyl (C=O) groups excluding carboxylic acids is 1. The van der Waals surface area contributed by atoms with E-state index in [9.17, 15) is 10.1 Å². The van der Waals surface area contributed by atoms with E-state index in [2.05, 4.69) is 16.2 Å². The van der Waals surface area contributed by atoms with Gasteiger partial charge in [-0.15, -0.1) is 0 Å². The standard InChI is InChI=1S/C25H26N4O5/c1-15(2)32-21-9-8-17(12-19(21)13-26)24-27-23(28-34-24)20-7-5-6-18-14-29(10-11-31-22(18)20)25(30)33-16(3)4/h5-9,12,15-16H,10-11,14H2,1-4H3. The second-order valence-corrected chi connectivity index (χ2v) is 8.41. The molecule has 0 unspecified atom stereocenters. The number of amides is 1. The number of nitriles is 1. The average molecular weight is 463 g/mol. The van der Waals surface area contributed by atoms with Crippen molar-refractivity contribution in [3.8, 4) is 40.4 Å². The summed E-state index contributed by atoms with van der Waals surface area (Å²) in [5.41, 5.74) is 2.48. The molecule has 3 aromatic rings. The Morgan fingerprint density at radius 3 is 2.74 bits per heavy atom. The van der Waals surface area contributed by atoms with Gasteiger partial charge in [-0.25, -0.2) is 4.79 Å². The molecule has 4 rings (SSSR count). The number of carbonyl (C=O) groups is 1. The lowest BCUT2D eigenvalue weighted by molar-refractivity contribution is 0.0727. The molecule has 0 fully saturated rings. The summed E-state index contributed by atoms with van der Waals surface area (Å²) in [6.45, 7) is 8.49. The fourth-order valence-corrected chi connectivity index (χ4v) is 3.59. The van der Waals surface area contributed by atoms with Crippen LogP contribution in [0.15, 0.2) is 40.9 Å². The van der Waals surface area contributed by atoms with Crippen molar-refractivity contribution < 1.29 is 23.5 Å². The molecule has 0 spiro atoms. The van der Waals surface area contributed by atoms with Crippen LogP contribution in [0.3, 0.4) is 0 Å². The average Bonchev–Trinajstić information content (AvgIpc) is 3.17. The summed E-state index contributed by atoms with van der Waals surface area (Å²) in [5.74, 6) is 1.73. The topological polar surface area (TPSA) is 111 Å². The Labute approximate surface area is 197 Å². The zero-order chi connectivity index (χ0) is 24.2. The Morgan fingerprint density at radius 1 is 1.18 bits per heavy atom. The molecule has 2 aromatic carbocycles. The van der Waals surface area contributed by atoms with Crippen LogP contribution >= 0.6 is 0 Å². The number of nitrogens with zero attached hydrogens (tertiary/aromatic N) is 4. The van der Waals surface area contributed by atoms with Crippen molar-refractivity contribution in [3.05, 3.63) is 47.5 Å². The Morgan fingerprint density at radius 2 is 2.00 bits per heavy atom. The van der Waals surface area contributed by atoms with Gasteiger partial charge in [-0.3, -0.25) is 0 Å². The lowest BCUT2D eigenvalue weighted by Crippen LogP contribution is -2.34. The predicted octanol–water partition coefficient (Wildman–Crippen LogP) is 4.80. The second-order valence-electron chi connectivity index (χ2n) is 8.41. The quantitative estimate of drug-likeness (QED) is 0.532. The minimum absolute atomic E-state index is 0.0514. The van der Waals surface area contributed by atoms with Crippen LogP contribution in [-0.2, 0) is 11.3 Å². The summed E-state index contributed by atoms with van der Waals surface area (Å²) in [4.78, 5) is 18.5. The van der Waals surface area contributed by atoms with Crippen LogP contribution in [0.25, 0.3) is 22.8 Å². The highest BCUT2D eigenvalue weighted by Gasteiger charge is 2.25. The number of hydrogen-bond acceptors (Lipinski definition) is 8. The maximum Gasteiger partial charge on any atom is 0.410 e. The lowest BCUT2D eigenvalue weighted by Gasteiger charge is -2.20. The monoisotopic (exact) mass is 462 g/mol.